The van der Waals surface area contributed by atoms with Crippen LogP contribution in [0.1, 0.15) is 12.0 Å². The van der Waals surface area contributed by atoms with Crippen molar-refractivity contribution in [3.8, 4) is 0 Å². The smallest absolute Gasteiger partial charge is 0.167 e. The number of benzene rings is 1. The lowest BCUT2D eigenvalue weighted by Gasteiger charge is -2.28. The number of hydrogen-bond acceptors (Lipinski definition) is 3. The lowest BCUT2D eigenvalue weighted by Crippen LogP contribution is -2.42. The van der Waals surface area contributed by atoms with Gasteiger partial charge in [0.2, 0.25) is 0 Å². The third kappa shape index (κ3) is 2.16. The molecule has 0 saturated carbocycles. The molecular formula is C14H14O3. The highest BCUT2D eigenvalue weighted by atomic mass is 16.6. The van der Waals surface area contributed by atoms with Gasteiger partial charge in [0.15, 0.2) is 5.78 Å². The lowest BCUT2D eigenvalue weighted by molar-refractivity contribution is -0.153. The minimum atomic E-state index is -0.440. The van der Waals surface area contributed by atoms with Crippen LogP contribution in [0.15, 0.2) is 42.5 Å². The summed E-state index contributed by atoms with van der Waals surface area (Å²) in [7, 11) is 0. The van der Waals surface area contributed by atoms with Crippen molar-refractivity contribution >= 4 is 5.78 Å². The van der Waals surface area contributed by atoms with E-state index in [1.165, 1.54) is 0 Å². The van der Waals surface area contributed by atoms with Crippen LogP contribution in [-0.4, -0.2) is 24.1 Å². The van der Waals surface area contributed by atoms with E-state index >= 15 is 0 Å². The van der Waals surface area contributed by atoms with Crippen molar-refractivity contribution in [2.75, 3.05) is 0 Å². The summed E-state index contributed by atoms with van der Waals surface area (Å²) in [6, 6.07) is 9.86. The summed E-state index contributed by atoms with van der Waals surface area (Å²) >= 11 is 0. The van der Waals surface area contributed by atoms with E-state index in [-0.39, 0.29) is 18.0 Å². The molecule has 2 aliphatic rings. The fraction of sp³-hybridized carbons (Fsp3) is 0.357. The second-order valence-electron chi connectivity index (χ2n) is 4.41. The first-order valence-electron chi connectivity index (χ1n) is 5.85. The van der Waals surface area contributed by atoms with Crippen LogP contribution in [-0.2, 0) is 20.9 Å². The Balaban J connectivity index is 1.65. The quantitative estimate of drug-likeness (QED) is 0.744. The number of Topliss-reactive ketones (excluding diaryl/α,β-unsaturated/α-hetero) is 1. The first kappa shape index (κ1) is 10.7. The second kappa shape index (κ2) is 4.43. The van der Waals surface area contributed by atoms with Gasteiger partial charge in [-0.3, -0.25) is 4.79 Å². The highest BCUT2D eigenvalue weighted by molar-refractivity contribution is 5.86. The second-order valence-corrected chi connectivity index (χ2v) is 4.41. The van der Waals surface area contributed by atoms with E-state index in [2.05, 4.69) is 0 Å². The molecular weight excluding hydrogens is 216 g/mol. The van der Waals surface area contributed by atoms with Gasteiger partial charge in [-0.15, -0.1) is 0 Å². The Bertz CT molecular complexity index is 438. The van der Waals surface area contributed by atoms with E-state index < -0.39 is 6.10 Å². The van der Waals surface area contributed by atoms with Crippen LogP contribution in [0.4, 0.5) is 0 Å². The molecule has 0 unspecified atom stereocenters. The summed E-state index contributed by atoms with van der Waals surface area (Å²) in [5, 5.41) is 0. The molecule has 2 bridgehead atoms. The summed E-state index contributed by atoms with van der Waals surface area (Å²) in [4.78, 5) is 11.8. The summed E-state index contributed by atoms with van der Waals surface area (Å²) < 4.78 is 11.3. The zero-order valence-corrected chi connectivity index (χ0v) is 9.41. The maximum absolute atomic E-state index is 11.8. The molecule has 17 heavy (non-hydrogen) atoms. The standard InChI is InChI=1S/C14H14O3/c15-12-8-11-6-7-13(17-11)14(12)16-9-10-4-2-1-3-5-10/h1-7,11,13-14H,8-9H2/t11-,13+,14+/m0/s1. The fourth-order valence-corrected chi connectivity index (χ4v) is 2.26. The maximum atomic E-state index is 11.8. The molecule has 88 valence electrons. The summed E-state index contributed by atoms with van der Waals surface area (Å²) in [6.07, 6.45) is 3.67. The number of fused-ring (bicyclic) bond motifs is 2. The summed E-state index contributed by atoms with van der Waals surface area (Å²) in [5.74, 6) is 0.146. The first-order valence-corrected chi connectivity index (χ1v) is 5.85. The Morgan fingerprint density at radius 1 is 1.24 bits per heavy atom. The molecule has 1 fully saturated rings. The molecule has 0 amide bonds. The molecule has 1 saturated heterocycles. The van der Waals surface area contributed by atoms with Crippen LogP contribution < -0.4 is 0 Å². The van der Waals surface area contributed by atoms with Crippen molar-refractivity contribution in [1.82, 2.24) is 0 Å². The van der Waals surface area contributed by atoms with Crippen molar-refractivity contribution in [1.29, 1.82) is 0 Å². The molecule has 3 atom stereocenters. The molecule has 3 rings (SSSR count). The zero-order valence-electron chi connectivity index (χ0n) is 9.41. The molecule has 0 spiro atoms. The van der Waals surface area contributed by atoms with Crippen LogP contribution in [0.2, 0.25) is 0 Å². The van der Waals surface area contributed by atoms with Gasteiger partial charge in [0.1, 0.15) is 12.2 Å². The van der Waals surface area contributed by atoms with Crippen molar-refractivity contribution < 1.29 is 14.3 Å². The minimum Gasteiger partial charge on any atom is -0.363 e. The number of rotatable bonds is 3. The third-order valence-corrected chi connectivity index (χ3v) is 3.14. The number of carbonyl (C=O) groups is 1. The van der Waals surface area contributed by atoms with Gasteiger partial charge in [-0.2, -0.15) is 0 Å². The van der Waals surface area contributed by atoms with Crippen molar-refractivity contribution in [2.24, 2.45) is 0 Å². The summed E-state index contributed by atoms with van der Waals surface area (Å²) in [5.41, 5.74) is 1.07. The van der Waals surface area contributed by atoms with Gasteiger partial charge in [0.25, 0.3) is 0 Å². The molecule has 0 N–H and O–H groups in total. The van der Waals surface area contributed by atoms with Gasteiger partial charge in [0.05, 0.1) is 12.7 Å². The summed E-state index contributed by atoms with van der Waals surface area (Å²) in [6.45, 7) is 0.454. The van der Waals surface area contributed by atoms with E-state index in [9.17, 15) is 4.79 Å². The predicted molar refractivity (Wildman–Crippen MR) is 62.4 cm³/mol. The van der Waals surface area contributed by atoms with Crippen LogP contribution in [0, 0.1) is 0 Å². The third-order valence-electron chi connectivity index (χ3n) is 3.14. The monoisotopic (exact) mass is 230 g/mol. The van der Waals surface area contributed by atoms with Gasteiger partial charge >= 0.3 is 0 Å². The maximum Gasteiger partial charge on any atom is 0.167 e. The zero-order chi connectivity index (χ0) is 11.7. The molecule has 2 heterocycles. The minimum absolute atomic E-state index is 0.0240. The van der Waals surface area contributed by atoms with E-state index in [1.807, 2.05) is 42.5 Å². The normalized spacial score (nSPS) is 30.8. The number of ether oxygens (including phenoxy) is 2. The fourth-order valence-electron chi connectivity index (χ4n) is 2.26. The number of ketones is 1. The van der Waals surface area contributed by atoms with Gasteiger partial charge in [-0.05, 0) is 5.56 Å². The van der Waals surface area contributed by atoms with Crippen LogP contribution in [0.3, 0.4) is 0 Å². The molecule has 3 heteroatoms. The van der Waals surface area contributed by atoms with Gasteiger partial charge in [0, 0.05) is 6.42 Å². The number of carbonyl (C=O) groups excluding carboxylic acids is 1. The van der Waals surface area contributed by atoms with Gasteiger partial charge in [-0.1, -0.05) is 42.5 Å². The molecule has 0 aliphatic carbocycles. The highest BCUT2D eigenvalue weighted by Crippen LogP contribution is 2.27. The van der Waals surface area contributed by atoms with Gasteiger partial charge in [-0.25, -0.2) is 0 Å². The Hall–Kier alpha value is -1.45. The molecule has 0 aromatic heterocycles. The van der Waals surface area contributed by atoms with Crippen molar-refractivity contribution in [2.45, 2.75) is 31.3 Å². The van der Waals surface area contributed by atoms with Crippen LogP contribution >= 0.6 is 0 Å². The van der Waals surface area contributed by atoms with Crippen molar-refractivity contribution in [3.63, 3.8) is 0 Å². The topological polar surface area (TPSA) is 35.5 Å². The van der Waals surface area contributed by atoms with Crippen LogP contribution in [0.25, 0.3) is 0 Å². The molecule has 1 aromatic carbocycles. The lowest BCUT2D eigenvalue weighted by atomic mass is 10.0. The molecule has 3 nitrogen and oxygen atoms in total. The van der Waals surface area contributed by atoms with E-state index in [1.54, 1.807) is 0 Å². The van der Waals surface area contributed by atoms with E-state index in [4.69, 9.17) is 9.47 Å². The molecule has 2 aliphatic heterocycles. The molecule has 1 aromatic rings. The Morgan fingerprint density at radius 3 is 2.88 bits per heavy atom. The van der Waals surface area contributed by atoms with E-state index in [0.717, 1.165) is 5.56 Å². The number of hydrogen-bond donors (Lipinski definition) is 0. The highest BCUT2D eigenvalue weighted by Gasteiger charge is 2.39. The first-order chi connectivity index (χ1) is 8.33. The van der Waals surface area contributed by atoms with Crippen molar-refractivity contribution in [3.05, 3.63) is 48.0 Å². The Labute approximate surface area is 100 Å². The Kier molecular flexibility index (Phi) is 2.79. The SMILES string of the molecule is O=C1C[C@@H]2C=C[C@@H](O2)[C@@H]1OCc1ccccc1. The van der Waals surface area contributed by atoms with Crippen LogP contribution in [0.5, 0.6) is 0 Å². The average Bonchev–Trinajstić information content (AvgIpc) is 2.73. The molecule has 0 radical (unpaired) electrons. The van der Waals surface area contributed by atoms with Gasteiger partial charge < -0.3 is 9.47 Å². The Morgan fingerprint density at radius 2 is 2.06 bits per heavy atom. The van der Waals surface area contributed by atoms with E-state index in [0.29, 0.717) is 13.0 Å². The average molecular weight is 230 g/mol. The predicted octanol–water partition coefficient (Wildman–Crippen LogP) is 1.87. The largest absolute Gasteiger partial charge is 0.363 e.